The molecule has 3 aromatic rings. The fraction of sp³-hybridized carbons (Fsp3) is 0.250. The zero-order valence-electron chi connectivity index (χ0n) is 13.7. The van der Waals surface area contributed by atoms with Crippen LogP contribution in [0.5, 0.6) is 0 Å². The first kappa shape index (κ1) is 14.6. The maximum atomic E-state index is 4.68. The number of nitrogens with zero attached hydrogens (tertiary/aromatic N) is 2. The van der Waals surface area contributed by atoms with Crippen molar-refractivity contribution in [3.05, 3.63) is 65.5 Å². The lowest BCUT2D eigenvalue weighted by molar-refractivity contribution is 0.816. The van der Waals surface area contributed by atoms with Crippen LogP contribution in [0.25, 0.3) is 22.2 Å². The van der Waals surface area contributed by atoms with Crippen molar-refractivity contribution in [3.63, 3.8) is 0 Å². The number of pyridine rings is 1. The van der Waals surface area contributed by atoms with Gasteiger partial charge in [0.25, 0.3) is 0 Å². The molecule has 0 amide bonds. The maximum absolute atomic E-state index is 4.68. The molecule has 0 saturated carbocycles. The molecule has 0 aliphatic carbocycles. The van der Waals surface area contributed by atoms with E-state index in [4.69, 9.17) is 0 Å². The highest BCUT2D eigenvalue weighted by Crippen LogP contribution is 2.32. The minimum Gasteiger partial charge on any atom is -0.339 e. The van der Waals surface area contributed by atoms with Crippen molar-refractivity contribution in [2.45, 2.75) is 34.2 Å². The van der Waals surface area contributed by atoms with Crippen molar-refractivity contribution in [1.82, 2.24) is 9.55 Å². The number of rotatable bonds is 3. The van der Waals surface area contributed by atoms with Gasteiger partial charge in [-0.3, -0.25) is 4.98 Å². The van der Waals surface area contributed by atoms with E-state index in [1.165, 1.54) is 33.3 Å². The van der Waals surface area contributed by atoms with Crippen LogP contribution in [0.1, 0.15) is 25.1 Å². The molecule has 0 aliphatic rings. The Kier molecular flexibility index (Phi) is 3.84. The Labute approximate surface area is 132 Å². The number of hydrogen-bond donors (Lipinski definition) is 0. The molecule has 2 aromatic heterocycles. The molecule has 2 heterocycles. The van der Waals surface area contributed by atoms with Crippen LogP contribution in [-0.4, -0.2) is 9.55 Å². The van der Waals surface area contributed by atoms with Crippen molar-refractivity contribution < 1.29 is 0 Å². The fourth-order valence-electron chi connectivity index (χ4n) is 2.90. The average Bonchev–Trinajstić information content (AvgIpc) is 2.78. The Morgan fingerprint density at radius 2 is 1.82 bits per heavy atom. The van der Waals surface area contributed by atoms with Gasteiger partial charge in [-0.1, -0.05) is 42.0 Å². The van der Waals surface area contributed by atoms with E-state index in [2.05, 4.69) is 73.7 Å². The molecule has 112 valence electrons. The summed E-state index contributed by atoms with van der Waals surface area (Å²) in [5, 5.41) is 1.30. The van der Waals surface area contributed by atoms with Crippen molar-refractivity contribution in [2.24, 2.45) is 0 Å². The van der Waals surface area contributed by atoms with Crippen molar-refractivity contribution in [2.75, 3.05) is 0 Å². The van der Waals surface area contributed by atoms with Gasteiger partial charge < -0.3 is 4.57 Å². The first-order valence-corrected chi connectivity index (χ1v) is 7.72. The first-order chi connectivity index (χ1) is 10.6. The van der Waals surface area contributed by atoms with Crippen molar-refractivity contribution >= 4 is 10.9 Å². The zero-order valence-corrected chi connectivity index (χ0v) is 13.7. The first-order valence-electron chi connectivity index (χ1n) is 7.72. The molecule has 0 unspecified atom stereocenters. The van der Waals surface area contributed by atoms with Crippen molar-refractivity contribution in [1.29, 1.82) is 0 Å². The lowest BCUT2D eigenvalue weighted by Crippen LogP contribution is -2.00. The van der Waals surface area contributed by atoms with Gasteiger partial charge in [-0.15, -0.1) is 0 Å². The van der Waals surface area contributed by atoms with E-state index in [1.807, 2.05) is 12.3 Å². The Hall–Kier alpha value is -2.35. The largest absolute Gasteiger partial charge is 0.339 e. The number of aromatic nitrogens is 2. The molecule has 0 bridgehead atoms. The molecule has 0 radical (unpaired) electrons. The number of benzene rings is 1. The number of aryl methyl sites for hydroxylation is 1. The number of hydrogen-bond acceptors (Lipinski definition) is 1. The van der Waals surface area contributed by atoms with Gasteiger partial charge >= 0.3 is 0 Å². The molecule has 2 nitrogen and oxygen atoms in total. The van der Waals surface area contributed by atoms with E-state index < -0.39 is 0 Å². The minimum atomic E-state index is 0.893. The molecule has 0 aliphatic heterocycles. The summed E-state index contributed by atoms with van der Waals surface area (Å²) < 4.78 is 2.38. The van der Waals surface area contributed by atoms with Crippen LogP contribution in [0.15, 0.2) is 54.2 Å². The molecule has 0 saturated heterocycles. The lowest BCUT2D eigenvalue weighted by Gasteiger charge is -2.09. The summed E-state index contributed by atoms with van der Waals surface area (Å²) in [5.41, 5.74) is 7.47. The van der Waals surface area contributed by atoms with Crippen LogP contribution < -0.4 is 0 Å². The molecular weight excluding hydrogens is 268 g/mol. The normalized spacial score (nSPS) is 10.9. The predicted molar refractivity (Wildman–Crippen MR) is 94.1 cm³/mol. The summed E-state index contributed by atoms with van der Waals surface area (Å²) >= 11 is 0. The molecule has 0 spiro atoms. The molecule has 0 atom stereocenters. The van der Waals surface area contributed by atoms with Crippen LogP contribution in [-0.2, 0) is 6.54 Å². The Balaban J connectivity index is 2.30. The summed E-state index contributed by atoms with van der Waals surface area (Å²) in [4.78, 5) is 4.68. The quantitative estimate of drug-likeness (QED) is 0.599. The number of fused-ring (bicyclic) bond motifs is 1. The Morgan fingerprint density at radius 3 is 2.50 bits per heavy atom. The second-order valence-electron chi connectivity index (χ2n) is 6.02. The average molecular weight is 290 g/mol. The van der Waals surface area contributed by atoms with Crippen LogP contribution in [0.3, 0.4) is 0 Å². The zero-order chi connectivity index (χ0) is 15.7. The third-order valence-corrected chi connectivity index (χ3v) is 4.28. The highest BCUT2D eigenvalue weighted by molar-refractivity contribution is 5.95. The van der Waals surface area contributed by atoms with Crippen LogP contribution in [0.4, 0.5) is 0 Å². The van der Waals surface area contributed by atoms with Gasteiger partial charge in [-0.25, -0.2) is 0 Å². The van der Waals surface area contributed by atoms with E-state index in [1.54, 1.807) is 0 Å². The van der Waals surface area contributed by atoms with Gasteiger partial charge in [0, 0.05) is 29.4 Å². The van der Waals surface area contributed by atoms with Gasteiger partial charge in [-0.05, 0) is 39.3 Å². The monoisotopic (exact) mass is 290 g/mol. The highest BCUT2D eigenvalue weighted by atomic mass is 15.0. The summed E-state index contributed by atoms with van der Waals surface area (Å²) in [5.74, 6) is 0. The molecule has 0 fully saturated rings. The van der Waals surface area contributed by atoms with Crippen LogP contribution in [0.2, 0.25) is 0 Å². The van der Waals surface area contributed by atoms with Crippen molar-refractivity contribution in [3.8, 4) is 11.3 Å². The third-order valence-electron chi connectivity index (χ3n) is 4.28. The Morgan fingerprint density at radius 1 is 1.09 bits per heavy atom. The topological polar surface area (TPSA) is 17.8 Å². The lowest BCUT2D eigenvalue weighted by atomic mass is 10.1. The van der Waals surface area contributed by atoms with E-state index in [0.29, 0.717) is 0 Å². The molecular formula is C20H22N2. The maximum Gasteiger partial charge on any atom is 0.0945 e. The summed E-state index contributed by atoms with van der Waals surface area (Å²) in [7, 11) is 0. The molecule has 0 N–H and O–H groups in total. The SMILES string of the molecule is CC(C)=CCn1c(C)c(C)c2ccnc(-c3ccccc3)c21. The van der Waals surface area contributed by atoms with Gasteiger partial charge in [0.05, 0.1) is 11.2 Å². The van der Waals surface area contributed by atoms with E-state index in [9.17, 15) is 0 Å². The molecule has 22 heavy (non-hydrogen) atoms. The van der Waals surface area contributed by atoms with Gasteiger partial charge in [0.15, 0.2) is 0 Å². The predicted octanol–water partition coefficient (Wildman–Crippen LogP) is 5.29. The second kappa shape index (κ2) is 5.80. The van der Waals surface area contributed by atoms with Gasteiger partial charge in [0.1, 0.15) is 0 Å². The molecule has 2 heteroatoms. The van der Waals surface area contributed by atoms with Gasteiger partial charge in [0.2, 0.25) is 0 Å². The van der Waals surface area contributed by atoms with E-state index in [-0.39, 0.29) is 0 Å². The summed E-state index contributed by atoms with van der Waals surface area (Å²) in [6.07, 6.45) is 4.19. The van der Waals surface area contributed by atoms with Crippen LogP contribution in [0, 0.1) is 13.8 Å². The third kappa shape index (κ3) is 2.45. The van der Waals surface area contributed by atoms with Crippen LogP contribution >= 0.6 is 0 Å². The second-order valence-corrected chi connectivity index (χ2v) is 6.02. The van der Waals surface area contributed by atoms with Gasteiger partial charge in [-0.2, -0.15) is 0 Å². The minimum absolute atomic E-state index is 0.893. The highest BCUT2D eigenvalue weighted by Gasteiger charge is 2.15. The molecule has 1 aromatic carbocycles. The Bertz CT molecular complexity index is 835. The summed E-state index contributed by atoms with van der Waals surface area (Å²) in [6, 6.07) is 12.6. The standard InChI is InChI=1S/C20H22N2/c1-14(2)11-13-22-16(4)15(3)18-10-12-21-19(20(18)22)17-8-6-5-7-9-17/h5-12H,13H2,1-4H3. The van der Waals surface area contributed by atoms with E-state index >= 15 is 0 Å². The number of allylic oxidation sites excluding steroid dienone is 2. The molecule has 3 rings (SSSR count). The smallest absolute Gasteiger partial charge is 0.0945 e. The van der Waals surface area contributed by atoms with E-state index in [0.717, 1.165) is 12.2 Å². The summed E-state index contributed by atoms with van der Waals surface area (Å²) in [6.45, 7) is 9.58. The fourth-order valence-corrected chi connectivity index (χ4v) is 2.90.